The first-order valence-corrected chi connectivity index (χ1v) is 13.9. The van der Waals surface area contributed by atoms with Gasteiger partial charge < -0.3 is 18.9 Å². The van der Waals surface area contributed by atoms with E-state index in [0.717, 1.165) is 34.2 Å². The number of aromatic hydroxyl groups is 1. The summed E-state index contributed by atoms with van der Waals surface area (Å²) in [6.45, 7) is 8.83. The SMILES string of the molecule is Cc1cc(OC[P@]2(=O)OC[C@@H](c3cccc(Cl)c3)CO2)cc(C)c1Cc1ccc(O)c(C(C)C)c1. The molecule has 1 aliphatic heterocycles. The van der Waals surface area contributed by atoms with Crippen LogP contribution < -0.4 is 4.74 Å². The Hall–Kier alpha value is -2.30. The van der Waals surface area contributed by atoms with E-state index >= 15 is 0 Å². The van der Waals surface area contributed by atoms with Crippen molar-refractivity contribution < 1.29 is 23.5 Å². The third-order valence-corrected chi connectivity index (χ3v) is 8.18. The smallest absolute Gasteiger partial charge is 0.367 e. The number of hydrogen-bond acceptors (Lipinski definition) is 5. The molecule has 186 valence electrons. The molecular formula is C28H32ClO5P. The second-order valence-corrected chi connectivity index (χ2v) is 11.9. The molecule has 0 saturated carbocycles. The van der Waals surface area contributed by atoms with Crippen LogP contribution in [0, 0.1) is 13.8 Å². The summed E-state index contributed by atoms with van der Waals surface area (Å²) >= 11 is 6.08. The zero-order valence-electron chi connectivity index (χ0n) is 20.6. The van der Waals surface area contributed by atoms with Gasteiger partial charge in [-0.15, -0.1) is 0 Å². The molecule has 0 unspecified atom stereocenters. The summed E-state index contributed by atoms with van der Waals surface area (Å²) in [5.74, 6) is 1.20. The number of ether oxygens (including phenoxy) is 1. The van der Waals surface area contributed by atoms with Gasteiger partial charge in [0.2, 0.25) is 0 Å². The minimum absolute atomic E-state index is 0.0179. The summed E-state index contributed by atoms with van der Waals surface area (Å²) in [7, 11) is -3.34. The van der Waals surface area contributed by atoms with Crippen LogP contribution in [-0.4, -0.2) is 24.7 Å². The molecule has 5 nitrogen and oxygen atoms in total. The summed E-state index contributed by atoms with van der Waals surface area (Å²) in [4.78, 5) is 0. The van der Waals surface area contributed by atoms with E-state index in [4.69, 9.17) is 25.4 Å². The van der Waals surface area contributed by atoms with Gasteiger partial charge >= 0.3 is 7.60 Å². The standard InChI is InChI=1S/C28H32ClO5P/c1-18(2)26-12-21(8-9-28(26)30)13-27-19(3)10-25(11-20(27)4)32-17-35(31)33-15-23(16-34-35)22-6-5-7-24(29)14-22/h5-12,14,18,23,30H,13,15-17H2,1-4H3/t23-,35+. The topological polar surface area (TPSA) is 65.0 Å². The predicted molar refractivity (Wildman–Crippen MR) is 140 cm³/mol. The number of aryl methyl sites for hydroxylation is 2. The zero-order valence-corrected chi connectivity index (χ0v) is 22.2. The second-order valence-electron chi connectivity index (χ2n) is 9.49. The van der Waals surface area contributed by atoms with E-state index in [1.165, 1.54) is 5.56 Å². The van der Waals surface area contributed by atoms with Crippen LogP contribution in [-0.2, 0) is 20.0 Å². The van der Waals surface area contributed by atoms with Crippen LogP contribution in [0.3, 0.4) is 0 Å². The van der Waals surface area contributed by atoms with E-state index in [0.29, 0.717) is 29.7 Å². The van der Waals surface area contributed by atoms with E-state index in [-0.39, 0.29) is 18.2 Å². The van der Waals surface area contributed by atoms with Crippen LogP contribution in [0.1, 0.15) is 59.1 Å². The van der Waals surface area contributed by atoms with Gasteiger partial charge in [0.05, 0.1) is 13.2 Å². The first-order valence-electron chi connectivity index (χ1n) is 11.8. The highest BCUT2D eigenvalue weighted by atomic mass is 35.5. The second kappa shape index (κ2) is 10.8. The van der Waals surface area contributed by atoms with Crippen molar-refractivity contribution in [2.24, 2.45) is 0 Å². The minimum Gasteiger partial charge on any atom is -0.508 e. The number of benzene rings is 3. The fourth-order valence-corrected chi connectivity index (χ4v) is 5.91. The van der Waals surface area contributed by atoms with Crippen molar-refractivity contribution in [3.8, 4) is 11.5 Å². The lowest BCUT2D eigenvalue weighted by atomic mass is 9.93. The molecule has 0 atom stereocenters. The van der Waals surface area contributed by atoms with Gasteiger partial charge in [0.15, 0.2) is 6.35 Å². The van der Waals surface area contributed by atoms with Crippen molar-refractivity contribution in [2.45, 2.75) is 46.0 Å². The molecule has 3 aromatic carbocycles. The van der Waals surface area contributed by atoms with Crippen LogP contribution in [0.4, 0.5) is 0 Å². The molecule has 35 heavy (non-hydrogen) atoms. The fraction of sp³-hybridized carbons (Fsp3) is 0.357. The number of phenols is 1. The van der Waals surface area contributed by atoms with Crippen molar-refractivity contribution in [2.75, 3.05) is 19.6 Å². The summed E-state index contributed by atoms with van der Waals surface area (Å²) in [5, 5.41) is 10.8. The maximum Gasteiger partial charge on any atom is 0.367 e. The van der Waals surface area contributed by atoms with E-state index in [2.05, 4.69) is 19.9 Å². The molecular weight excluding hydrogens is 483 g/mol. The average molecular weight is 515 g/mol. The van der Waals surface area contributed by atoms with Crippen molar-refractivity contribution in [3.05, 3.63) is 93.0 Å². The largest absolute Gasteiger partial charge is 0.508 e. The first-order chi connectivity index (χ1) is 16.6. The third kappa shape index (κ3) is 6.29. The molecule has 0 aliphatic carbocycles. The molecule has 0 spiro atoms. The summed E-state index contributed by atoms with van der Waals surface area (Å²) in [5.41, 5.74) is 6.48. The minimum atomic E-state index is -3.34. The van der Waals surface area contributed by atoms with E-state index in [1.54, 1.807) is 6.07 Å². The Balaban J connectivity index is 1.39. The van der Waals surface area contributed by atoms with Gasteiger partial charge in [-0.1, -0.05) is 49.7 Å². The predicted octanol–water partition coefficient (Wildman–Crippen LogP) is 7.74. The van der Waals surface area contributed by atoms with Gasteiger partial charge in [-0.25, -0.2) is 0 Å². The Kier molecular flexibility index (Phi) is 7.92. The van der Waals surface area contributed by atoms with Gasteiger partial charge in [-0.2, -0.15) is 0 Å². The van der Waals surface area contributed by atoms with Crippen LogP contribution >= 0.6 is 19.2 Å². The molecule has 0 radical (unpaired) electrons. The molecule has 1 aliphatic rings. The zero-order chi connectivity index (χ0) is 25.2. The molecule has 1 saturated heterocycles. The van der Waals surface area contributed by atoms with Gasteiger partial charge in [-0.3, -0.25) is 4.57 Å². The van der Waals surface area contributed by atoms with Crippen molar-refractivity contribution in [1.82, 2.24) is 0 Å². The quantitative estimate of drug-likeness (QED) is 0.327. The highest BCUT2D eigenvalue weighted by molar-refractivity contribution is 7.53. The fourth-order valence-electron chi connectivity index (χ4n) is 4.37. The highest BCUT2D eigenvalue weighted by Crippen LogP contribution is 2.52. The number of phenolic OH excluding ortho intramolecular Hbond substituents is 1. The molecule has 1 fully saturated rings. The summed E-state index contributed by atoms with van der Waals surface area (Å²) < 4.78 is 30.2. The van der Waals surface area contributed by atoms with Crippen molar-refractivity contribution >= 4 is 19.2 Å². The third-order valence-electron chi connectivity index (χ3n) is 6.42. The Morgan fingerprint density at radius 3 is 2.37 bits per heavy atom. The maximum atomic E-state index is 13.0. The molecule has 1 N–H and O–H groups in total. The number of rotatable bonds is 7. The molecule has 0 aromatic heterocycles. The van der Waals surface area contributed by atoms with Gasteiger partial charge in [0.1, 0.15) is 11.5 Å². The lowest BCUT2D eigenvalue weighted by molar-refractivity contribution is 0.113. The first kappa shape index (κ1) is 25.8. The van der Waals surface area contributed by atoms with Gasteiger partial charge in [0.25, 0.3) is 0 Å². The molecule has 1 heterocycles. The van der Waals surface area contributed by atoms with Crippen molar-refractivity contribution in [1.29, 1.82) is 0 Å². The van der Waals surface area contributed by atoms with Crippen LogP contribution in [0.15, 0.2) is 54.6 Å². The van der Waals surface area contributed by atoms with Crippen LogP contribution in [0.2, 0.25) is 5.02 Å². The maximum absolute atomic E-state index is 13.0. The van der Waals surface area contributed by atoms with Crippen LogP contribution in [0.5, 0.6) is 11.5 Å². The molecule has 7 heteroatoms. The molecule has 0 bridgehead atoms. The van der Waals surface area contributed by atoms with Crippen LogP contribution in [0.25, 0.3) is 0 Å². The monoisotopic (exact) mass is 514 g/mol. The number of hydrogen-bond donors (Lipinski definition) is 1. The Morgan fingerprint density at radius 1 is 1.06 bits per heavy atom. The molecule has 3 aromatic rings. The normalized spacial score (nSPS) is 20.2. The van der Waals surface area contributed by atoms with Gasteiger partial charge in [0, 0.05) is 10.9 Å². The van der Waals surface area contributed by atoms with E-state index in [1.807, 2.05) is 56.3 Å². The number of halogens is 1. The van der Waals surface area contributed by atoms with E-state index in [9.17, 15) is 9.67 Å². The van der Waals surface area contributed by atoms with Gasteiger partial charge in [-0.05, 0) is 89.9 Å². The average Bonchev–Trinajstić information content (AvgIpc) is 2.81. The van der Waals surface area contributed by atoms with Crippen molar-refractivity contribution in [3.63, 3.8) is 0 Å². The Bertz CT molecular complexity index is 1220. The lowest BCUT2D eigenvalue weighted by Crippen LogP contribution is -2.21. The molecule has 0 amide bonds. The Labute approximate surface area is 212 Å². The summed E-state index contributed by atoms with van der Waals surface area (Å²) in [6.07, 6.45) is 0.622. The lowest BCUT2D eigenvalue weighted by Gasteiger charge is -2.29. The van der Waals surface area contributed by atoms with E-state index < -0.39 is 7.60 Å². The summed E-state index contributed by atoms with van der Waals surface area (Å²) in [6, 6.07) is 17.3. The Morgan fingerprint density at radius 2 is 1.74 bits per heavy atom. The molecule has 4 rings (SSSR count). The highest BCUT2D eigenvalue weighted by Gasteiger charge is 2.34.